The van der Waals surface area contributed by atoms with Gasteiger partial charge in [-0.3, -0.25) is 0 Å². The molecule has 7 nitrogen and oxygen atoms in total. The smallest absolute Gasteiger partial charge is 0.339 e. The quantitative estimate of drug-likeness (QED) is 0.523. The monoisotopic (exact) mass is 416 g/mol. The van der Waals surface area contributed by atoms with Crippen molar-refractivity contribution >= 4 is 23.1 Å². The molecule has 1 aliphatic rings. The number of hydrogen-bond acceptors (Lipinski definition) is 5. The summed E-state index contributed by atoms with van der Waals surface area (Å²) in [5.74, 6) is 1.54. The Hall–Kier alpha value is -4.00. The van der Waals surface area contributed by atoms with E-state index in [1.807, 2.05) is 48.5 Å². The largest absolute Gasteiger partial charge is 0.497 e. The first-order valence-electron chi connectivity index (χ1n) is 9.94. The maximum atomic E-state index is 12.4. The van der Waals surface area contributed by atoms with Crippen molar-refractivity contribution in [3.05, 3.63) is 83.9 Å². The van der Waals surface area contributed by atoms with E-state index < -0.39 is 6.03 Å². The predicted molar refractivity (Wildman–Crippen MR) is 122 cm³/mol. The number of benzene rings is 3. The van der Waals surface area contributed by atoms with Gasteiger partial charge in [0.25, 0.3) is 0 Å². The Morgan fingerprint density at radius 2 is 1.58 bits per heavy atom. The van der Waals surface area contributed by atoms with Crippen LogP contribution in [0.15, 0.2) is 77.9 Å². The van der Waals surface area contributed by atoms with E-state index in [1.165, 1.54) is 0 Å². The first-order chi connectivity index (χ1) is 15.2. The van der Waals surface area contributed by atoms with Gasteiger partial charge in [0.2, 0.25) is 0 Å². The number of amides is 2. The van der Waals surface area contributed by atoms with Crippen LogP contribution in [0.4, 0.5) is 16.2 Å². The SMILES string of the molecule is COc1ccc(NC(=O)NN=C2CC(c3ccc(OC)cc3)Nc3ccccc32)cc1. The molecule has 0 saturated carbocycles. The zero-order chi connectivity index (χ0) is 21.6. The van der Waals surface area contributed by atoms with Crippen LogP contribution in [0.3, 0.4) is 0 Å². The topological polar surface area (TPSA) is 84.0 Å². The summed E-state index contributed by atoms with van der Waals surface area (Å²) >= 11 is 0. The van der Waals surface area contributed by atoms with Crippen molar-refractivity contribution in [2.75, 3.05) is 24.9 Å². The highest BCUT2D eigenvalue weighted by molar-refractivity contribution is 6.07. The first kappa shape index (κ1) is 20.3. The van der Waals surface area contributed by atoms with Gasteiger partial charge in [-0.2, -0.15) is 5.10 Å². The zero-order valence-corrected chi connectivity index (χ0v) is 17.4. The highest BCUT2D eigenvalue weighted by Gasteiger charge is 2.24. The van der Waals surface area contributed by atoms with E-state index in [0.29, 0.717) is 12.1 Å². The summed E-state index contributed by atoms with van der Waals surface area (Å²) in [6.45, 7) is 0. The van der Waals surface area contributed by atoms with Gasteiger partial charge in [-0.25, -0.2) is 10.2 Å². The number of hydrogen-bond donors (Lipinski definition) is 3. The van der Waals surface area contributed by atoms with Crippen LogP contribution in [-0.4, -0.2) is 26.0 Å². The van der Waals surface area contributed by atoms with Crippen LogP contribution in [0.5, 0.6) is 11.5 Å². The van der Waals surface area contributed by atoms with Crippen LogP contribution in [-0.2, 0) is 0 Å². The molecule has 2 amide bonds. The fourth-order valence-electron chi connectivity index (χ4n) is 3.50. The van der Waals surface area contributed by atoms with E-state index in [2.05, 4.69) is 21.2 Å². The number of carbonyl (C=O) groups excluding carboxylic acids is 1. The summed E-state index contributed by atoms with van der Waals surface area (Å²) in [6, 6.07) is 22.6. The highest BCUT2D eigenvalue weighted by Crippen LogP contribution is 2.33. The Labute approximate surface area is 181 Å². The third-order valence-electron chi connectivity index (χ3n) is 5.12. The molecular weight excluding hydrogens is 392 g/mol. The van der Waals surface area contributed by atoms with Gasteiger partial charge in [-0.1, -0.05) is 30.3 Å². The minimum absolute atomic E-state index is 0.0333. The lowest BCUT2D eigenvalue weighted by molar-refractivity contribution is 0.252. The highest BCUT2D eigenvalue weighted by atomic mass is 16.5. The van der Waals surface area contributed by atoms with Crippen LogP contribution in [0.1, 0.15) is 23.6 Å². The molecule has 158 valence electrons. The van der Waals surface area contributed by atoms with Gasteiger partial charge in [-0.05, 0) is 48.0 Å². The fraction of sp³-hybridized carbons (Fsp3) is 0.167. The summed E-state index contributed by atoms with van der Waals surface area (Å²) in [6.07, 6.45) is 0.631. The van der Waals surface area contributed by atoms with Crippen molar-refractivity contribution < 1.29 is 14.3 Å². The molecule has 1 atom stereocenters. The van der Waals surface area contributed by atoms with Gasteiger partial charge in [0.05, 0.1) is 26.0 Å². The van der Waals surface area contributed by atoms with Gasteiger partial charge in [0, 0.05) is 23.4 Å². The van der Waals surface area contributed by atoms with Crippen LogP contribution in [0.25, 0.3) is 0 Å². The van der Waals surface area contributed by atoms with E-state index in [-0.39, 0.29) is 6.04 Å². The second-order valence-electron chi connectivity index (χ2n) is 7.07. The third kappa shape index (κ3) is 4.78. The number of ether oxygens (including phenoxy) is 2. The van der Waals surface area contributed by atoms with E-state index >= 15 is 0 Å². The van der Waals surface area contributed by atoms with Crippen LogP contribution < -0.4 is 25.5 Å². The minimum atomic E-state index is -0.408. The molecule has 3 N–H and O–H groups in total. The van der Waals surface area contributed by atoms with E-state index in [0.717, 1.165) is 34.0 Å². The predicted octanol–water partition coefficient (Wildman–Crippen LogP) is 4.79. The number of carbonyl (C=O) groups is 1. The Morgan fingerprint density at radius 1 is 0.935 bits per heavy atom. The summed E-state index contributed by atoms with van der Waals surface area (Å²) in [7, 11) is 3.25. The molecule has 31 heavy (non-hydrogen) atoms. The number of para-hydroxylation sites is 1. The van der Waals surface area contributed by atoms with E-state index in [4.69, 9.17) is 9.47 Å². The van der Waals surface area contributed by atoms with E-state index in [1.54, 1.807) is 38.5 Å². The minimum Gasteiger partial charge on any atom is -0.497 e. The molecule has 0 fully saturated rings. The van der Waals surface area contributed by atoms with Gasteiger partial charge < -0.3 is 20.1 Å². The van der Waals surface area contributed by atoms with Crippen molar-refractivity contribution in [2.24, 2.45) is 5.10 Å². The summed E-state index contributed by atoms with van der Waals surface area (Å²) in [5, 5.41) is 10.8. The second kappa shape index (κ2) is 9.21. The summed E-state index contributed by atoms with van der Waals surface area (Å²) in [4.78, 5) is 12.4. The molecule has 3 aromatic rings. The summed E-state index contributed by atoms with van der Waals surface area (Å²) < 4.78 is 10.4. The van der Waals surface area contributed by atoms with Crippen molar-refractivity contribution in [2.45, 2.75) is 12.5 Å². The van der Waals surface area contributed by atoms with E-state index in [9.17, 15) is 4.79 Å². The van der Waals surface area contributed by atoms with Crippen LogP contribution >= 0.6 is 0 Å². The maximum Gasteiger partial charge on any atom is 0.339 e. The molecule has 0 aliphatic carbocycles. The molecule has 1 heterocycles. The van der Waals surface area contributed by atoms with Crippen molar-refractivity contribution in [3.63, 3.8) is 0 Å². The molecule has 1 aliphatic heterocycles. The number of anilines is 2. The maximum absolute atomic E-state index is 12.4. The number of fused-ring (bicyclic) bond motifs is 1. The molecule has 0 radical (unpaired) electrons. The fourth-order valence-corrected chi connectivity index (χ4v) is 3.50. The first-order valence-corrected chi connectivity index (χ1v) is 9.94. The standard InChI is InChI=1S/C24H24N4O3/c1-30-18-11-7-16(8-12-18)22-15-23(20-5-3-4-6-21(20)26-22)27-28-24(29)25-17-9-13-19(31-2)14-10-17/h3-14,22,26H,15H2,1-2H3,(H2,25,28,29). The lowest BCUT2D eigenvalue weighted by atomic mass is 9.92. The van der Waals surface area contributed by atoms with Crippen LogP contribution in [0, 0.1) is 0 Å². The number of hydrazone groups is 1. The number of methoxy groups -OCH3 is 2. The number of nitrogens with zero attached hydrogens (tertiary/aromatic N) is 1. The lowest BCUT2D eigenvalue weighted by Gasteiger charge is -2.28. The number of urea groups is 1. The Morgan fingerprint density at radius 3 is 2.26 bits per heavy atom. The molecule has 3 aromatic carbocycles. The molecule has 4 rings (SSSR count). The molecule has 0 bridgehead atoms. The summed E-state index contributed by atoms with van der Waals surface area (Å²) in [5.41, 5.74) is 7.14. The van der Waals surface area contributed by atoms with Crippen molar-refractivity contribution in [1.29, 1.82) is 0 Å². The normalized spacial score (nSPS) is 16.1. The molecule has 0 spiro atoms. The average molecular weight is 416 g/mol. The average Bonchev–Trinajstić information content (AvgIpc) is 2.83. The van der Waals surface area contributed by atoms with Crippen LogP contribution in [0.2, 0.25) is 0 Å². The van der Waals surface area contributed by atoms with Gasteiger partial charge in [-0.15, -0.1) is 0 Å². The molecular formula is C24H24N4O3. The second-order valence-corrected chi connectivity index (χ2v) is 7.07. The molecule has 0 saturated heterocycles. The third-order valence-corrected chi connectivity index (χ3v) is 5.12. The van der Waals surface area contributed by atoms with Crippen molar-refractivity contribution in [1.82, 2.24) is 5.43 Å². The van der Waals surface area contributed by atoms with Gasteiger partial charge >= 0.3 is 6.03 Å². The van der Waals surface area contributed by atoms with Crippen molar-refractivity contribution in [3.8, 4) is 11.5 Å². The molecule has 0 aromatic heterocycles. The Kier molecular flexibility index (Phi) is 6.03. The number of nitrogens with one attached hydrogen (secondary N) is 3. The number of rotatable bonds is 5. The molecule has 7 heteroatoms. The molecule has 1 unspecified atom stereocenters. The lowest BCUT2D eigenvalue weighted by Crippen LogP contribution is -2.29. The Balaban J connectivity index is 1.50. The van der Waals surface area contributed by atoms with Gasteiger partial charge in [0.1, 0.15) is 11.5 Å². The Bertz CT molecular complexity index is 1080. The zero-order valence-electron chi connectivity index (χ0n) is 17.4. The van der Waals surface area contributed by atoms with Gasteiger partial charge in [0.15, 0.2) is 0 Å².